The molecule has 0 radical (unpaired) electrons. The van der Waals surface area contributed by atoms with Crippen molar-refractivity contribution in [2.45, 2.75) is 6.54 Å². The summed E-state index contributed by atoms with van der Waals surface area (Å²) in [6.07, 6.45) is 6.12. The van der Waals surface area contributed by atoms with Crippen LogP contribution in [0.25, 0.3) is 12.2 Å². The minimum absolute atomic E-state index is 0.139. The molecule has 2 aromatic rings. The van der Waals surface area contributed by atoms with Gasteiger partial charge in [0.1, 0.15) is 6.61 Å². The number of aliphatic hydroxyl groups excluding tert-OH is 1. The minimum Gasteiger partial charge on any atom is -0.390 e. The van der Waals surface area contributed by atoms with Gasteiger partial charge in [0.15, 0.2) is 12.7 Å². The molecule has 1 aromatic carbocycles. The lowest BCUT2D eigenvalue weighted by atomic mass is 10.1. The quantitative estimate of drug-likeness (QED) is 0.301. The number of nitrogens with one attached hydrogen (secondary N) is 1. The highest BCUT2D eigenvalue weighted by Gasteiger charge is 2.04. The molecule has 5 heteroatoms. The van der Waals surface area contributed by atoms with E-state index in [0.29, 0.717) is 6.54 Å². The monoisotopic (exact) mass is 333 g/mol. The van der Waals surface area contributed by atoms with Gasteiger partial charge in [-0.05, 0) is 29.8 Å². The molecule has 0 spiro atoms. The van der Waals surface area contributed by atoms with Gasteiger partial charge < -0.3 is 10.4 Å². The van der Waals surface area contributed by atoms with Crippen LogP contribution in [0.15, 0.2) is 48.7 Å². The molecule has 0 amide bonds. The van der Waals surface area contributed by atoms with Crippen LogP contribution in [0.1, 0.15) is 11.3 Å². The van der Waals surface area contributed by atoms with Gasteiger partial charge in [-0.25, -0.2) is 0 Å². The predicted octanol–water partition coefficient (Wildman–Crippen LogP) is 3.13. The second kappa shape index (κ2) is 9.56. The fourth-order valence-corrected chi connectivity index (χ4v) is 2.55. The van der Waals surface area contributed by atoms with Crippen LogP contribution in [0, 0.1) is 0 Å². The molecular formula is C17H21N2OS2+. The predicted molar refractivity (Wildman–Crippen MR) is 99.0 cm³/mol. The Labute approximate surface area is 140 Å². The fourth-order valence-electron chi connectivity index (χ4n) is 2.09. The third-order valence-electron chi connectivity index (χ3n) is 3.20. The van der Waals surface area contributed by atoms with Crippen LogP contribution in [0.2, 0.25) is 0 Å². The van der Waals surface area contributed by atoms with Crippen molar-refractivity contribution in [3.8, 4) is 0 Å². The summed E-state index contributed by atoms with van der Waals surface area (Å²) in [5.74, 6) is 0.976. The maximum Gasteiger partial charge on any atom is 0.205 e. The van der Waals surface area contributed by atoms with E-state index in [1.54, 1.807) is 0 Å². The molecule has 0 aliphatic rings. The zero-order valence-corrected chi connectivity index (χ0v) is 14.1. The molecular weight excluding hydrogens is 312 g/mol. The maximum absolute atomic E-state index is 9.09. The number of hydrogen-bond donors (Lipinski definition) is 3. The Hall–Kier alpha value is -1.43. The summed E-state index contributed by atoms with van der Waals surface area (Å²) in [4.78, 5) is 0. The molecule has 0 saturated carbocycles. The molecule has 0 aliphatic carbocycles. The second-order valence-electron chi connectivity index (χ2n) is 4.76. The number of benzene rings is 1. The average Bonchev–Trinajstić information content (AvgIpc) is 2.56. The average molecular weight is 334 g/mol. The summed E-state index contributed by atoms with van der Waals surface area (Å²) >= 11 is 4.12. The summed E-state index contributed by atoms with van der Waals surface area (Å²) in [6.45, 7) is 1.65. The summed E-state index contributed by atoms with van der Waals surface area (Å²) in [6, 6.07) is 14.3. The SMILES string of the molecule is OCC[n+]1ccccc1/C=C/c1ccc(NCCSS)cc1. The highest BCUT2D eigenvalue weighted by atomic mass is 33.1. The van der Waals surface area contributed by atoms with E-state index in [4.69, 9.17) is 5.11 Å². The topological polar surface area (TPSA) is 36.1 Å². The standard InChI is InChI=1S/C17H20N2OS2/c20-13-12-19-11-2-1-3-17(19)9-6-15-4-7-16(8-5-15)18-10-14-22-21/h1-9,11,20-21H,10,12-14H2/p+1. The van der Waals surface area contributed by atoms with Crippen molar-refractivity contribution in [2.24, 2.45) is 0 Å². The summed E-state index contributed by atoms with van der Waals surface area (Å²) < 4.78 is 2.03. The van der Waals surface area contributed by atoms with E-state index in [9.17, 15) is 0 Å². The Morgan fingerprint density at radius 3 is 2.68 bits per heavy atom. The number of aliphatic hydroxyl groups is 1. The van der Waals surface area contributed by atoms with Crippen LogP contribution in [-0.4, -0.2) is 24.0 Å². The lowest BCUT2D eigenvalue weighted by molar-refractivity contribution is -0.699. The lowest BCUT2D eigenvalue weighted by Crippen LogP contribution is -2.38. The van der Waals surface area contributed by atoms with Crippen molar-refractivity contribution in [1.29, 1.82) is 0 Å². The normalized spacial score (nSPS) is 11.0. The van der Waals surface area contributed by atoms with Crippen molar-refractivity contribution in [2.75, 3.05) is 24.2 Å². The van der Waals surface area contributed by atoms with E-state index in [1.165, 1.54) is 10.8 Å². The van der Waals surface area contributed by atoms with Crippen LogP contribution in [0.5, 0.6) is 0 Å². The van der Waals surface area contributed by atoms with Gasteiger partial charge in [0.25, 0.3) is 0 Å². The first-order chi connectivity index (χ1) is 10.8. The fraction of sp³-hybridized carbons (Fsp3) is 0.235. The number of rotatable bonds is 8. The molecule has 1 aromatic heterocycles. The molecule has 0 bridgehead atoms. The van der Waals surface area contributed by atoms with Gasteiger partial charge in [0.2, 0.25) is 5.69 Å². The first-order valence-corrected chi connectivity index (χ1v) is 9.25. The van der Waals surface area contributed by atoms with E-state index in [2.05, 4.69) is 53.4 Å². The van der Waals surface area contributed by atoms with Gasteiger partial charge in [-0.1, -0.05) is 22.9 Å². The van der Waals surface area contributed by atoms with Crippen LogP contribution in [0.3, 0.4) is 0 Å². The van der Waals surface area contributed by atoms with Crippen LogP contribution < -0.4 is 9.88 Å². The molecule has 116 valence electrons. The van der Waals surface area contributed by atoms with Crippen molar-refractivity contribution in [1.82, 2.24) is 0 Å². The van der Waals surface area contributed by atoms with E-state index in [1.807, 2.05) is 29.0 Å². The van der Waals surface area contributed by atoms with E-state index in [0.717, 1.165) is 29.2 Å². The largest absolute Gasteiger partial charge is 0.390 e. The van der Waals surface area contributed by atoms with Crippen LogP contribution >= 0.6 is 22.5 Å². The van der Waals surface area contributed by atoms with Gasteiger partial charge in [-0.3, -0.25) is 0 Å². The second-order valence-corrected chi connectivity index (χ2v) is 6.20. The molecule has 1 heterocycles. The van der Waals surface area contributed by atoms with Crippen molar-refractivity contribution in [3.05, 3.63) is 59.9 Å². The van der Waals surface area contributed by atoms with Gasteiger partial charge in [0.05, 0.1) is 0 Å². The first-order valence-electron chi connectivity index (χ1n) is 7.21. The third kappa shape index (κ3) is 5.40. The molecule has 0 atom stereocenters. The Morgan fingerprint density at radius 2 is 1.95 bits per heavy atom. The minimum atomic E-state index is 0.139. The van der Waals surface area contributed by atoms with E-state index >= 15 is 0 Å². The molecule has 22 heavy (non-hydrogen) atoms. The summed E-state index contributed by atoms with van der Waals surface area (Å²) in [7, 11) is 1.54. The Kier molecular flexibility index (Phi) is 7.36. The van der Waals surface area contributed by atoms with Gasteiger partial charge in [0, 0.05) is 36.2 Å². The van der Waals surface area contributed by atoms with Gasteiger partial charge >= 0.3 is 0 Å². The molecule has 0 saturated heterocycles. The Morgan fingerprint density at radius 1 is 1.14 bits per heavy atom. The molecule has 0 unspecified atom stereocenters. The molecule has 2 N–H and O–H groups in total. The van der Waals surface area contributed by atoms with E-state index < -0.39 is 0 Å². The Bertz CT molecular complexity index is 600. The number of nitrogens with zero attached hydrogens (tertiary/aromatic N) is 1. The Balaban J connectivity index is 2.01. The molecule has 2 rings (SSSR count). The van der Waals surface area contributed by atoms with Crippen LogP contribution in [0.4, 0.5) is 5.69 Å². The number of aromatic nitrogens is 1. The van der Waals surface area contributed by atoms with Gasteiger partial charge in [-0.2, -0.15) is 4.57 Å². The maximum atomic E-state index is 9.09. The number of anilines is 1. The summed E-state index contributed by atoms with van der Waals surface area (Å²) in [5, 5.41) is 12.4. The summed E-state index contributed by atoms with van der Waals surface area (Å²) in [5.41, 5.74) is 3.34. The molecule has 3 nitrogen and oxygen atoms in total. The number of thiol groups is 1. The first kappa shape index (κ1) is 16.9. The molecule has 0 aliphatic heterocycles. The highest BCUT2D eigenvalue weighted by molar-refractivity contribution is 8.68. The van der Waals surface area contributed by atoms with Gasteiger partial charge in [-0.15, -0.1) is 11.7 Å². The third-order valence-corrected chi connectivity index (χ3v) is 4.13. The molecule has 0 fully saturated rings. The smallest absolute Gasteiger partial charge is 0.205 e. The lowest BCUT2D eigenvalue weighted by Gasteiger charge is -2.04. The van der Waals surface area contributed by atoms with Crippen molar-refractivity contribution in [3.63, 3.8) is 0 Å². The van der Waals surface area contributed by atoms with Crippen LogP contribution in [-0.2, 0) is 6.54 Å². The number of pyridine rings is 1. The van der Waals surface area contributed by atoms with Crippen molar-refractivity contribution < 1.29 is 9.67 Å². The van der Waals surface area contributed by atoms with Crippen molar-refractivity contribution >= 4 is 40.3 Å². The highest BCUT2D eigenvalue weighted by Crippen LogP contribution is 2.12. The zero-order chi connectivity index (χ0) is 15.6. The number of hydrogen-bond acceptors (Lipinski definition) is 4. The van der Waals surface area contributed by atoms with E-state index in [-0.39, 0.29) is 6.61 Å². The zero-order valence-electron chi connectivity index (χ0n) is 12.4.